The Morgan fingerprint density at radius 3 is 2.19 bits per heavy atom. The van der Waals surface area contributed by atoms with Crippen LogP contribution < -0.4 is 11.1 Å². The van der Waals surface area contributed by atoms with Gasteiger partial charge < -0.3 is 11.1 Å². The van der Waals surface area contributed by atoms with Gasteiger partial charge in [-0.1, -0.05) is 69.3 Å². The Kier molecular flexibility index (Phi) is 4.43. The van der Waals surface area contributed by atoms with Gasteiger partial charge in [0.25, 0.3) is 0 Å². The lowest BCUT2D eigenvalue weighted by atomic mass is 9.87. The Hall–Kier alpha value is -2.13. The van der Waals surface area contributed by atoms with Crippen molar-refractivity contribution >= 4 is 11.6 Å². The predicted molar refractivity (Wildman–Crippen MR) is 87.9 cm³/mol. The van der Waals surface area contributed by atoms with Gasteiger partial charge in [0.15, 0.2) is 0 Å². The number of carbonyl (C=O) groups excluding carboxylic acids is 1. The van der Waals surface area contributed by atoms with E-state index >= 15 is 0 Å². The Morgan fingerprint density at radius 2 is 1.57 bits per heavy atom. The highest BCUT2D eigenvalue weighted by Gasteiger charge is 2.27. The van der Waals surface area contributed by atoms with E-state index in [1.807, 2.05) is 75.4 Å². The molecule has 21 heavy (non-hydrogen) atoms. The van der Waals surface area contributed by atoms with E-state index in [1.54, 1.807) is 0 Å². The highest BCUT2D eigenvalue weighted by molar-refractivity contribution is 5.98. The van der Waals surface area contributed by atoms with Crippen molar-refractivity contribution in [3.05, 3.63) is 54.6 Å². The SMILES string of the molecule is CC(C)(C)[C@H](N)C(=O)Nc1ccccc1-c1ccccc1. The van der Waals surface area contributed by atoms with Crippen molar-refractivity contribution in [1.82, 2.24) is 0 Å². The first-order valence-corrected chi connectivity index (χ1v) is 7.10. The van der Waals surface area contributed by atoms with E-state index in [1.165, 1.54) is 0 Å². The number of benzene rings is 2. The lowest BCUT2D eigenvalue weighted by molar-refractivity contribution is -0.119. The Bertz CT molecular complexity index is 615. The number of amides is 1. The van der Waals surface area contributed by atoms with Crippen LogP contribution in [-0.4, -0.2) is 11.9 Å². The molecule has 0 spiro atoms. The van der Waals surface area contributed by atoms with Gasteiger partial charge in [0, 0.05) is 11.3 Å². The largest absolute Gasteiger partial charge is 0.324 e. The molecule has 0 unspecified atom stereocenters. The molecule has 0 aliphatic rings. The number of hydrogen-bond acceptors (Lipinski definition) is 2. The van der Waals surface area contributed by atoms with Crippen LogP contribution in [0.3, 0.4) is 0 Å². The van der Waals surface area contributed by atoms with Crippen molar-refractivity contribution in [2.24, 2.45) is 11.1 Å². The average molecular weight is 282 g/mol. The number of para-hydroxylation sites is 1. The summed E-state index contributed by atoms with van der Waals surface area (Å²) in [5.74, 6) is -0.161. The molecule has 3 heteroatoms. The first kappa shape index (κ1) is 15.3. The van der Waals surface area contributed by atoms with Gasteiger partial charge in [0.2, 0.25) is 5.91 Å². The molecule has 2 aromatic carbocycles. The van der Waals surface area contributed by atoms with Crippen molar-refractivity contribution in [3.63, 3.8) is 0 Å². The summed E-state index contributed by atoms with van der Waals surface area (Å²) in [4.78, 5) is 12.3. The molecule has 0 saturated heterocycles. The third kappa shape index (κ3) is 3.70. The molecule has 2 rings (SSSR count). The van der Waals surface area contributed by atoms with Crippen LogP contribution in [0.15, 0.2) is 54.6 Å². The lowest BCUT2D eigenvalue weighted by Gasteiger charge is -2.26. The number of nitrogens with two attached hydrogens (primary N) is 1. The first-order chi connectivity index (χ1) is 9.89. The number of anilines is 1. The van der Waals surface area contributed by atoms with E-state index in [9.17, 15) is 4.79 Å². The maximum Gasteiger partial charge on any atom is 0.241 e. The first-order valence-electron chi connectivity index (χ1n) is 7.10. The second kappa shape index (κ2) is 6.10. The smallest absolute Gasteiger partial charge is 0.241 e. The summed E-state index contributed by atoms with van der Waals surface area (Å²) in [5, 5.41) is 2.95. The molecular weight excluding hydrogens is 260 g/mol. The molecule has 2 aromatic rings. The van der Waals surface area contributed by atoms with Crippen molar-refractivity contribution in [1.29, 1.82) is 0 Å². The molecule has 0 saturated carbocycles. The average Bonchev–Trinajstić information content (AvgIpc) is 2.47. The molecule has 1 amide bonds. The zero-order chi connectivity index (χ0) is 15.5. The van der Waals surface area contributed by atoms with Gasteiger partial charge in [-0.15, -0.1) is 0 Å². The van der Waals surface area contributed by atoms with Crippen molar-refractivity contribution in [3.8, 4) is 11.1 Å². The van der Waals surface area contributed by atoms with Crippen molar-refractivity contribution < 1.29 is 4.79 Å². The van der Waals surface area contributed by atoms with Crippen LogP contribution in [-0.2, 0) is 4.79 Å². The molecule has 0 bridgehead atoms. The summed E-state index contributed by atoms with van der Waals surface area (Å²) < 4.78 is 0. The minimum absolute atomic E-state index is 0.161. The fourth-order valence-electron chi connectivity index (χ4n) is 2.07. The second-order valence-corrected chi connectivity index (χ2v) is 6.24. The van der Waals surface area contributed by atoms with Gasteiger partial charge in [-0.05, 0) is 17.0 Å². The fraction of sp³-hybridized carbons (Fsp3) is 0.278. The topological polar surface area (TPSA) is 55.1 Å². The third-order valence-electron chi connectivity index (χ3n) is 3.49. The van der Waals surface area contributed by atoms with E-state index in [4.69, 9.17) is 5.73 Å². The summed E-state index contributed by atoms with van der Waals surface area (Å²) in [7, 11) is 0. The minimum Gasteiger partial charge on any atom is -0.324 e. The quantitative estimate of drug-likeness (QED) is 0.902. The van der Waals surface area contributed by atoms with E-state index in [0.29, 0.717) is 0 Å². The zero-order valence-corrected chi connectivity index (χ0v) is 12.8. The van der Waals surface area contributed by atoms with Crippen LogP contribution in [0.4, 0.5) is 5.69 Å². The molecule has 0 fully saturated rings. The fourth-order valence-corrected chi connectivity index (χ4v) is 2.07. The van der Waals surface area contributed by atoms with E-state index in [0.717, 1.165) is 16.8 Å². The molecule has 3 N–H and O–H groups in total. The van der Waals surface area contributed by atoms with Crippen LogP contribution >= 0.6 is 0 Å². The molecule has 0 heterocycles. The number of hydrogen-bond donors (Lipinski definition) is 2. The molecule has 0 radical (unpaired) electrons. The third-order valence-corrected chi connectivity index (χ3v) is 3.49. The van der Waals surface area contributed by atoms with Gasteiger partial charge in [0.1, 0.15) is 0 Å². The standard InChI is InChI=1S/C18H22N2O/c1-18(2,3)16(19)17(21)20-15-12-8-7-11-14(15)13-9-5-4-6-10-13/h4-12,16H,19H2,1-3H3,(H,20,21)/t16-/m1/s1. The summed E-state index contributed by atoms with van der Waals surface area (Å²) in [5.41, 5.74) is 8.59. The highest BCUT2D eigenvalue weighted by atomic mass is 16.2. The van der Waals surface area contributed by atoms with Crippen LogP contribution in [0.25, 0.3) is 11.1 Å². The molecule has 0 aromatic heterocycles. The van der Waals surface area contributed by atoms with E-state index < -0.39 is 6.04 Å². The summed E-state index contributed by atoms with van der Waals surface area (Å²) in [6.45, 7) is 5.88. The van der Waals surface area contributed by atoms with Crippen LogP contribution in [0.1, 0.15) is 20.8 Å². The maximum absolute atomic E-state index is 12.3. The summed E-state index contributed by atoms with van der Waals surface area (Å²) in [6.07, 6.45) is 0. The van der Waals surface area contributed by atoms with Crippen LogP contribution in [0, 0.1) is 5.41 Å². The van der Waals surface area contributed by atoms with E-state index in [2.05, 4.69) is 5.32 Å². The van der Waals surface area contributed by atoms with Crippen LogP contribution in [0.2, 0.25) is 0 Å². The highest BCUT2D eigenvalue weighted by Crippen LogP contribution is 2.28. The molecular formula is C18H22N2O. The van der Waals surface area contributed by atoms with Gasteiger partial charge >= 0.3 is 0 Å². The Labute approximate surface area is 126 Å². The van der Waals surface area contributed by atoms with Crippen molar-refractivity contribution in [2.75, 3.05) is 5.32 Å². The van der Waals surface area contributed by atoms with Gasteiger partial charge in [-0.25, -0.2) is 0 Å². The Morgan fingerprint density at radius 1 is 1.00 bits per heavy atom. The molecule has 0 aliphatic heterocycles. The van der Waals surface area contributed by atoms with E-state index in [-0.39, 0.29) is 11.3 Å². The summed E-state index contributed by atoms with van der Waals surface area (Å²) in [6, 6.07) is 17.2. The normalized spacial score (nSPS) is 12.8. The molecule has 110 valence electrons. The molecule has 0 aliphatic carbocycles. The number of carbonyl (C=O) groups is 1. The molecule has 3 nitrogen and oxygen atoms in total. The second-order valence-electron chi connectivity index (χ2n) is 6.24. The number of rotatable bonds is 3. The predicted octanol–water partition coefficient (Wildman–Crippen LogP) is 3.67. The minimum atomic E-state index is -0.554. The number of nitrogens with one attached hydrogen (secondary N) is 1. The van der Waals surface area contributed by atoms with Gasteiger partial charge in [-0.3, -0.25) is 4.79 Å². The monoisotopic (exact) mass is 282 g/mol. The summed E-state index contributed by atoms with van der Waals surface area (Å²) >= 11 is 0. The van der Waals surface area contributed by atoms with Crippen LogP contribution in [0.5, 0.6) is 0 Å². The maximum atomic E-state index is 12.3. The Balaban J connectivity index is 2.28. The lowest BCUT2D eigenvalue weighted by Crippen LogP contribution is -2.45. The van der Waals surface area contributed by atoms with Gasteiger partial charge in [0.05, 0.1) is 6.04 Å². The van der Waals surface area contributed by atoms with Gasteiger partial charge in [-0.2, -0.15) is 0 Å². The van der Waals surface area contributed by atoms with Crippen molar-refractivity contribution in [2.45, 2.75) is 26.8 Å². The molecule has 1 atom stereocenters. The zero-order valence-electron chi connectivity index (χ0n) is 12.8.